The van der Waals surface area contributed by atoms with Gasteiger partial charge in [-0.3, -0.25) is 0 Å². The first-order chi connectivity index (χ1) is 7.03. The molecule has 0 saturated carbocycles. The maximum atomic E-state index is 9.89. The molecule has 0 radical (unpaired) electrons. The van der Waals surface area contributed by atoms with E-state index in [1.165, 1.54) is 26.3 Å². The lowest BCUT2D eigenvalue weighted by atomic mass is 10.1. The molecule has 0 bridgehead atoms. The van der Waals surface area contributed by atoms with Crippen LogP contribution in [0, 0.1) is 0 Å². The predicted molar refractivity (Wildman–Crippen MR) is 62.4 cm³/mol. The van der Waals surface area contributed by atoms with E-state index in [-0.39, 0.29) is 0 Å². The third-order valence-corrected chi connectivity index (χ3v) is 3.12. The Balaban J connectivity index is 0.000000167. The maximum Gasteiger partial charge on any atom is 0.208 e. The Kier molecular flexibility index (Phi) is 4.29. The normalized spacial score (nSPS) is 14.0. The second kappa shape index (κ2) is 5.28. The maximum absolute atomic E-state index is 9.89. The Bertz CT molecular complexity index is 389. The van der Waals surface area contributed by atoms with Crippen molar-refractivity contribution in [3.8, 4) is 0 Å². The van der Waals surface area contributed by atoms with Crippen molar-refractivity contribution in [1.82, 2.24) is 4.72 Å². The monoisotopic (exact) mass is 227 g/mol. The minimum atomic E-state index is -2.91. The first-order valence-corrected chi connectivity index (χ1v) is 6.87. The van der Waals surface area contributed by atoms with Crippen LogP contribution in [0.25, 0.3) is 0 Å². The van der Waals surface area contributed by atoms with Gasteiger partial charge in [0.25, 0.3) is 0 Å². The molecule has 4 heteroatoms. The quantitative estimate of drug-likeness (QED) is 0.787. The summed E-state index contributed by atoms with van der Waals surface area (Å²) in [4.78, 5) is 0. The minimum absolute atomic E-state index is 1.10. The van der Waals surface area contributed by atoms with Crippen molar-refractivity contribution in [1.29, 1.82) is 0 Å². The van der Waals surface area contributed by atoms with Crippen LogP contribution < -0.4 is 4.72 Å². The highest BCUT2D eigenvalue weighted by Gasteiger charge is 2.07. The Hall–Kier alpha value is -0.870. The molecule has 1 aromatic carbocycles. The fourth-order valence-corrected chi connectivity index (χ4v) is 1.51. The van der Waals surface area contributed by atoms with Gasteiger partial charge in [0, 0.05) is 0 Å². The first-order valence-electron chi connectivity index (χ1n) is 4.98. The molecule has 2 rings (SSSR count). The standard InChI is InChI=1S/C9H10.C2H7NO2S/c1-2-5-9-7-3-6-8(9)4-1;1-3-6(2,4)5/h1-2,4-5H,3,6-7H2;3H,1-2H3. The third-order valence-electron chi connectivity index (χ3n) is 2.38. The summed E-state index contributed by atoms with van der Waals surface area (Å²) in [7, 11) is -1.54. The van der Waals surface area contributed by atoms with Gasteiger partial charge in [-0.1, -0.05) is 24.3 Å². The van der Waals surface area contributed by atoms with Gasteiger partial charge in [-0.2, -0.15) is 0 Å². The van der Waals surface area contributed by atoms with E-state index >= 15 is 0 Å². The van der Waals surface area contributed by atoms with E-state index < -0.39 is 10.0 Å². The molecule has 0 unspecified atom stereocenters. The van der Waals surface area contributed by atoms with Crippen LogP contribution in [0.2, 0.25) is 0 Å². The number of rotatable bonds is 1. The molecule has 1 N–H and O–H groups in total. The molecule has 15 heavy (non-hydrogen) atoms. The molecule has 0 heterocycles. The van der Waals surface area contributed by atoms with E-state index in [4.69, 9.17) is 0 Å². The summed E-state index contributed by atoms with van der Waals surface area (Å²) in [5, 5.41) is 0. The highest BCUT2D eigenvalue weighted by molar-refractivity contribution is 7.88. The summed E-state index contributed by atoms with van der Waals surface area (Å²) in [6, 6.07) is 8.74. The first kappa shape index (κ1) is 12.2. The number of benzene rings is 1. The van der Waals surface area contributed by atoms with Crippen LogP contribution in [0.5, 0.6) is 0 Å². The molecule has 0 saturated heterocycles. The third kappa shape index (κ3) is 4.44. The molecule has 0 fully saturated rings. The van der Waals surface area contributed by atoms with Crippen LogP contribution in [0.1, 0.15) is 17.5 Å². The zero-order valence-electron chi connectivity index (χ0n) is 9.16. The van der Waals surface area contributed by atoms with Gasteiger partial charge in [-0.25, -0.2) is 13.1 Å². The number of nitrogens with one attached hydrogen (secondary N) is 1. The minimum Gasteiger partial charge on any atom is -0.219 e. The van der Waals surface area contributed by atoms with Gasteiger partial charge in [-0.15, -0.1) is 0 Å². The van der Waals surface area contributed by atoms with Gasteiger partial charge in [-0.05, 0) is 37.4 Å². The number of sulfonamides is 1. The Labute approximate surface area is 91.6 Å². The lowest BCUT2D eigenvalue weighted by Crippen LogP contribution is -2.15. The molecule has 84 valence electrons. The molecular formula is C11H17NO2S. The largest absolute Gasteiger partial charge is 0.219 e. The van der Waals surface area contributed by atoms with Crippen LogP contribution in [0.4, 0.5) is 0 Å². The molecule has 1 aliphatic rings. The molecule has 1 aliphatic carbocycles. The molecule has 0 amide bonds. The molecule has 0 aromatic heterocycles. The Morgan fingerprint density at radius 2 is 1.53 bits per heavy atom. The highest BCUT2D eigenvalue weighted by atomic mass is 32.2. The smallest absolute Gasteiger partial charge is 0.208 e. The second-order valence-electron chi connectivity index (χ2n) is 3.60. The molecule has 0 aliphatic heterocycles. The SMILES string of the molecule is CNS(C)(=O)=O.c1ccc2c(c1)CCC2. The van der Waals surface area contributed by atoms with Gasteiger partial charge >= 0.3 is 0 Å². The summed E-state index contributed by atoms with van der Waals surface area (Å²) in [6.45, 7) is 0. The molecule has 3 nitrogen and oxygen atoms in total. The van der Waals surface area contributed by atoms with Crippen LogP contribution in [0.15, 0.2) is 24.3 Å². The van der Waals surface area contributed by atoms with Crippen LogP contribution in [0.3, 0.4) is 0 Å². The van der Waals surface area contributed by atoms with Crippen molar-refractivity contribution in [2.75, 3.05) is 13.3 Å². The van der Waals surface area contributed by atoms with E-state index in [0.29, 0.717) is 0 Å². The van der Waals surface area contributed by atoms with Gasteiger partial charge in [0.15, 0.2) is 0 Å². The van der Waals surface area contributed by atoms with E-state index in [9.17, 15) is 8.42 Å². The Morgan fingerprint density at radius 1 is 1.13 bits per heavy atom. The van der Waals surface area contributed by atoms with Crippen molar-refractivity contribution >= 4 is 10.0 Å². The number of fused-ring (bicyclic) bond motifs is 1. The zero-order valence-corrected chi connectivity index (χ0v) is 9.97. The van der Waals surface area contributed by atoms with E-state index in [1.54, 1.807) is 11.1 Å². The van der Waals surface area contributed by atoms with Gasteiger partial charge in [0.2, 0.25) is 10.0 Å². The van der Waals surface area contributed by atoms with Gasteiger partial charge in [0.05, 0.1) is 6.26 Å². The van der Waals surface area contributed by atoms with Crippen LogP contribution >= 0.6 is 0 Å². The predicted octanol–water partition coefficient (Wildman–Crippen LogP) is 1.34. The average molecular weight is 227 g/mol. The van der Waals surface area contributed by atoms with Gasteiger partial charge < -0.3 is 0 Å². The van der Waals surface area contributed by atoms with Crippen molar-refractivity contribution < 1.29 is 8.42 Å². The van der Waals surface area contributed by atoms with Crippen molar-refractivity contribution in [3.63, 3.8) is 0 Å². The number of hydrogen-bond acceptors (Lipinski definition) is 2. The summed E-state index contributed by atoms with van der Waals surface area (Å²) in [6.07, 6.45) is 5.07. The molecule has 0 atom stereocenters. The second-order valence-corrected chi connectivity index (χ2v) is 5.55. The summed E-state index contributed by atoms with van der Waals surface area (Å²) < 4.78 is 21.9. The zero-order chi connectivity index (χ0) is 11.3. The fourth-order valence-electron chi connectivity index (χ4n) is 1.51. The number of hydrogen-bond donors (Lipinski definition) is 1. The summed E-state index contributed by atoms with van der Waals surface area (Å²) >= 11 is 0. The van der Waals surface area contributed by atoms with Gasteiger partial charge in [0.1, 0.15) is 0 Å². The lowest BCUT2D eigenvalue weighted by molar-refractivity contribution is 0.594. The van der Waals surface area contributed by atoms with Crippen molar-refractivity contribution in [3.05, 3.63) is 35.4 Å². The summed E-state index contributed by atoms with van der Waals surface area (Å²) in [5.41, 5.74) is 3.13. The average Bonchev–Trinajstić information content (AvgIpc) is 2.65. The Morgan fingerprint density at radius 3 is 1.87 bits per heavy atom. The van der Waals surface area contributed by atoms with Crippen molar-refractivity contribution in [2.24, 2.45) is 0 Å². The van der Waals surface area contributed by atoms with Crippen LogP contribution in [-0.2, 0) is 22.9 Å². The molecule has 1 aromatic rings. The molecule has 0 spiro atoms. The van der Waals surface area contributed by atoms with Crippen molar-refractivity contribution in [2.45, 2.75) is 19.3 Å². The molecular weight excluding hydrogens is 210 g/mol. The fraction of sp³-hybridized carbons (Fsp3) is 0.455. The highest BCUT2D eigenvalue weighted by Crippen LogP contribution is 2.20. The van der Waals surface area contributed by atoms with E-state index in [1.807, 2.05) is 0 Å². The van der Waals surface area contributed by atoms with E-state index in [2.05, 4.69) is 29.0 Å². The summed E-state index contributed by atoms with van der Waals surface area (Å²) in [5.74, 6) is 0. The number of aryl methyl sites for hydroxylation is 2. The topological polar surface area (TPSA) is 46.2 Å². The van der Waals surface area contributed by atoms with E-state index in [0.717, 1.165) is 6.26 Å². The van der Waals surface area contributed by atoms with Crippen LogP contribution in [-0.4, -0.2) is 21.7 Å². The lowest BCUT2D eigenvalue weighted by Gasteiger charge is -1.93.